The van der Waals surface area contributed by atoms with Gasteiger partial charge in [-0.15, -0.1) is 0 Å². The molecular formula is C27H29N3O6. The standard InChI is InChI=1S/C27H29N3O6/c1-17(5-4-8-24(32)30-15-19-7-3-2-6-18(19)13-21(30)16-31)27(35)22-14-20(29-11-12-36-26(29)34)9-10-23(22)28-25(27)33/h2-7,9-10,14,17,21,31,35H,8,11-13,15-16H2,1H3,(H,28,33)/b5-4+/t17-,21-,27+/m0/s1. The van der Waals surface area contributed by atoms with Crippen LogP contribution in [0.25, 0.3) is 0 Å². The number of hydrogen-bond acceptors (Lipinski definition) is 6. The van der Waals surface area contributed by atoms with Gasteiger partial charge in [0.1, 0.15) is 6.61 Å². The first-order valence-corrected chi connectivity index (χ1v) is 12.1. The number of carbonyl (C=O) groups is 3. The number of rotatable bonds is 6. The Hall–Kier alpha value is -3.69. The Balaban J connectivity index is 1.31. The molecule has 0 aromatic heterocycles. The molecule has 1 fully saturated rings. The Labute approximate surface area is 209 Å². The summed E-state index contributed by atoms with van der Waals surface area (Å²) in [6.45, 7) is 2.70. The van der Waals surface area contributed by atoms with E-state index in [0.717, 1.165) is 11.1 Å². The fraction of sp³-hybridized carbons (Fsp3) is 0.370. The highest BCUT2D eigenvalue weighted by atomic mass is 16.6. The highest BCUT2D eigenvalue weighted by molar-refractivity contribution is 6.06. The van der Waals surface area contributed by atoms with Crippen LogP contribution in [-0.2, 0) is 32.9 Å². The van der Waals surface area contributed by atoms with Crippen molar-refractivity contribution < 1.29 is 29.3 Å². The number of amides is 3. The Kier molecular flexibility index (Phi) is 6.27. The van der Waals surface area contributed by atoms with Gasteiger partial charge >= 0.3 is 6.09 Å². The number of carbonyl (C=O) groups excluding carboxylic acids is 3. The average Bonchev–Trinajstić information content (AvgIpc) is 3.43. The molecule has 2 aromatic carbocycles. The molecule has 36 heavy (non-hydrogen) atoms. The number of cyclic esters (lactones) is 1. The van der Waals surface area contributed by atoms with Crippen LogP contribution < -0.4 is 10.2 Å². The number of benzene rings is 2. The predicted octanol–water partition coefficient (Wildman–Crippen LogP) is 2.31. The second-order valence-electron chi connectivity index (χ2n) is 9.47. The van der Waals surface area contributed by atoms with E-state index in [2.05, 4.69) is 5.32 Å². The topological polar surface area (TPSA) is 119 Å². The van der Waals surface area contributed by atoms with Gasteiger partial charge in [0, 0.05) is 35.8 Å². The monoisotopic (exact) mass is 491 g/mol. The van der Waals surface area contributed by atoms with E-state index in [0.29, 0.717) is 36.4 Å². The molecule has 9 nitrogen and oxygen atoms in total. The van der Waals surface area contributed by atoms with Crippen molar-refractivity contribution >= 4 is 29.3 Å². The molecule has 3 heterocycles. The number of ether oxygens (including phenoxy) is 1. The largest absolute Gasteiger partial charge is 0.447 e. The zero-order valence-corrected chi connectivity index (χ0v) is 20.0. The Morgan fingerprint density at radius 1 is 1.25 bits per heavy atom. The van der Waals surface area contributed by atoms with Crippen LogP contribution >= 0.6 is 0 Å². The van der Waals surface area contributed by atoms with Crippen molar-refractivity contribution in [1.29, 1.82) is 0 Å². The summed E-state index contributed by atoms with van der Waals surface area (Å²) >= 11 is 0. The van der Waals surface area contributed by atoms with E-state index in [-0.39, 0.29) is 31.6 Å². The lowest BCUT2D eigenvalue weighted by Crippen LogP contribution is -2.46. The van der Waals surface area contributed by atoms with Crippen molar-refractivity contribution in [3.63, 3.8) is 0 Å². The van der Waals surface area contributed by atoms with Gasteiger partial charge in [-0.2, -0.15) is 0 Å². The average molecular weight is 492 g/mol. The normalized spacial score (nSPS) is 23.9. The van der Waals surface area contributed by atoms with Gasteiger partial charge in [0.2, 0.25) is 5.91 Å². The zero-order valence-electron chi connectivity index (χ0n) is 20.0. The van der Waals surface area contributed by atoms with Crippen molar-refractivity contribution in [3.8, 4) is 0 Å². The summed E-state index contributed by atoms with van der Waals surface area (Å²) in [5.74, 6) is -1.34. The van der Waals surface area contributed by atoms with Crippen LogP contribution in [0.1, 0.15) is 30.0 Å². The van der Waals surface area contributed by atoms with Crippen LogP contribution in [0.3, 0.4) is 0 Å². The third kappa shape index (κ3) is 4.04. The van der Waals surface area contributed by atoms with E-state index in [4.69, 9.17) is 4.74 Å². The highest BCUT2D eigenvalue weighted by Crippen LogP contribution is 2.43. The van der Waals surface area contributed by atoms with Crippen LogP contribution in [0, 0.1) is 5.92 Å². The second-order valence-corrected chi connectivity index (χ2v) is 9.47. The first kappa shape index (κ1) is 24.0. The smallest absolute Gasteiger partial charge is 0.414 e. The number of aliphatic hydroxyl groups is 2. The van der Waals surface area contributed by atoms with Gasteiger partial charge in [-0.25, -0.2) is 4.79 Å². The van der Waals surface area contributed by atoms with Gasteiger partial charge in [0.25, 0.3) is 5.91 Å². The Morgan fingerprint density at radius 3 is 2.75 bits per heavy atom. The maximum atomic E-state index is 13.0. The summed E-state index contributed by atoms with van der Waals surface area (Å²) < 4.78 is 5.00. The molecule has 3 N–H and O–H groups in total. The first-order chi connectivity index (χ1) is 17.3. The molecule has 3 atom stereocenters. The van der Waals surface area contributed by atoms with E-state index < -0.39 is 23.5 Å². The van der Waals surface area contributed by atoms with Crippen LogP contribution in [-0.4, -0.2) is 58.8 Å². The van der Waals surface area contributed by atoms with Gasteiger partial charge < -0.3 is 25.2 Å². The molecule has 0 bridgehead atoms. The molecule has 188 valence electrons. The lowest BCUT2D eigenvalue weighted by atomic mass is 9.82. The van der Waals surface area contributed by atoms with Crippen molar-refractivity contribution in [3.05, 3.63) is 71.3 Å². The summed E-state index contributed by atoms with van der Waals surface area (Å²) in [6.07, 6.45) is 3.53. The molecule has 5 rings (SSSR count). The van der Waals surface area contributed by atoms with Gasteiger partial charge in [0.15, 0.2) is 5.60 Å². The molecule has 0 aliphatic carbocycles. The number of nitrogens with zero attached hydrogens (tertiary/aromatic N) is 2. The summed E-state index contributed by atoms with van der Waals surface area (Å²) in [7, 11) is 0. The van der Waals surface area contributed by atoms with Gasteiger partial charge in [-0.3, -0.25) is 14.5 Å². The quantitative estimate of drug-likeness (QED) is 0.534. The van der Waals surface area contributed by atoms with Crippen LogP contribution in [0.4, 0.5) is 16.2 Å². The first-order valence-electron chi connectivity index (χ1n) is 12.1. The van der Waals surface area contributed by atoms with Crippen LogP contribution in [0.5, 0.6) is 0 Å². The molecule has 2 aromatic rings. The fourth-order valence-electron chi connectivity index (χ4n) is 5.22. The van der Waals surface area contributed by atoms with E-state index >= 15 is 0 Å². The highest BCUT2D eigenvalue weighted by Gasteiger charge is 2.49. The molecule has 0 spiro atoms. The van der Waals surface area contributed by atoms with Gasteiger partial charge in [0.05, 0.1) is 19.2 Å². The molecule has 0 radical (unpaired) electrons. The molecule has 3 aliphatic heterocycles. The number of fused-ring (bicyclic) bond motifs is 2. The maximum absolute atomic E-state index is 13.0. The van der Waals surface area contributed by atoms with Crippen molar-refractivity contribution in [1.82, 2.24) is 4.90 Å². The molecular weight excluding hydrogens is 462 g/mol. The Morgan fingerprint density at radius 2 is 2.03 bits per heavy atom. The van der Waals surface area contributed by atoms with Crippen molar-refractivity contribution in [2.24, 2.45) is 5.92 Å². The third-order valence-corrected chi connectivity index (χ3v) is 7.34. The van der Waals surface area contributed by atoms with E-state index in [9.17, 15) is 24.6 Å². The number of aliphatic hydroxyl groups excluding tert-OH is 1. The lowest BCUT2D eigenvalue weighted by molar-refractivity contribution is -0.137. The minimum atomic E-state index is -1.85. The minimum absolute atomic E-state index is 0.0766. The number of anilines is 2. The third-order valence-electron chi connectivity index (χ3n) is 7.34. The number of nitrogens with one attached hydrogen (secondary N) is 1. The Bertz CT molecular complexity index is 1240. The van der Waals surface area contributed by atoms with E-state index in [1.165, 1.54) is 4.90 Å². The molecule has 0 saturated carbocycles. The van der Waals surface area contributed by atoms with E-state index in [1.807, 2.05) is 24.3 Å². The van der Waals surface area contributed by atoms with E-state index in [1.54, 1.807) is 42.2 Å². The molecule has 9 heteroatoms. The van der Waals surface area contributed by atoms with Crippen molar-refractivity contribution in [2.45, 2.75) is 38.0 Å². The predicted molar refractivity (Wildman–Crippen MR) is 132 cm³/mol. The summed E-state index contributed by atoms with van der Waals surface area (Å²) in [5, 5.41) is 24.0. The van der Waals surface area contributed by atoms with Crippen LogP contribution in [0.15, 0.2) is 54.6 Å². The van der Waals surface area contributed by atoms with Crippen LogP contribution in [0.2, 0.25) is 0 Å². The summed E-state index contributed by atoms with van der Waals surface area (Å²) in [4.78, 5) is 41.0. The van der Waals surface area contributed by atoms with Gasteiger partial charge in [-0.05, 0) is 35.7 Å². The maximum Gasteiger partial charge on any atom is 0.414 e. The zero-order chi connectivity index (χ0) is 25.4. The summed E-state index contributed by atoms with van der Waals surface area (Å²) in [5.41, 5.74) is 1.75. The number of hydrogen-bond donors (Lipinski definition) is 3. The second kappa shape index (κ2) is 9.40. The van der Waals surface area contributed by atoms with Crippen molar-refractivity contribution in [2.75, 3.05) is 30.0 Å². The molecule has 0 unspecified atom stereocenters. The SMILES string of the molecule is C[C@@H](/C=C/CC(=O)N1Cc2ccccc2C[C@H]1CO)[C@]1(O)C(=O)Nc2ccc(N3CCOC3=O)cc21. The molecule has 3 aliphatic rings. The minimum Gasteiger partial charge on any atom is -0.447 e. The lowest BCUT2D eigenvalue weighted by Gasteiger charge is -2.36. The fourth-order valence-corrected chi connectivity index (χ4v) is 5.22. The molecule has 1 saturated heterocycles. The summed E-state index contributed by atoms with van der Waals surface area (Å²) in [6, 6.07) is 12.6. The molecule has 3 amide bonds. The van der Waals surface area contributed by atoms with Gasteiger partial charge in [-0.1, -0.05) is 43.3 Å².